The van der Waals surface area contributed by atoms with Crippen LogP contribution < -0.4 is 0 Å². The van der Waals surface area contributed by atoms with E-state index in [0.29, 0.717) is 21.8 Å². The molecule has 1 amide bonds. The number of benzene rings is 2. The molecule has 0 saturated carbocycles. The molecule has 142 valence electrons. The molecule has 4 nitrogen and oxygen atoms in total. The van der Waals surface area contributed by atoms with Crippen LogP contribution in [0.1, 0.15) is 13.3 Å². The molecule has 1 fully saturated rings. The van der Waals surface area contributed by atoms with Gasteiger partial charge in [-0.15, -0.1) is 0 Å². The first kappa shape index (κ1) is 17.9. The molecule has 2 unspecified atom stereocenters. The molecule has 1 aliphatic rings. The van der Waals surface area contributed by atoms with Gasteiger partial charge in [-0.05, 0) is 43.3 Å². The molecule has 2 heterocycles. The van der Waals surface area contributed by atoms with E-state index in [4.69, 9.17) is 0 Å². The molecule has 2 aromatic carbocycles. The van der Waals surface area contributed by atoms with Gasteiger partial charge >= 0.3 is 0 Å². The smallest absolute Gasteiger partial charge is 0.257 e. The second-order valence-corrected chi connectivity index (χ2v) is 7.42. The molecule has 1 N–H and O–H groups in total. The highest BCUT2D eigenvalue weighted by Gasteiger charge is 2.36. The van der Waals surface area contributed by atoms with Crippen molar-refractivity contribution in [2.45, 2.75) is 31.7 Å². The second-order valence-electron chi connectivity index (χ2n) is 7.42. The number of amides is 1. The third kappa shape index (κ3) is 3.16. The minimum atomic E-state index is -1.51. The molecule has 0 spiro atoms. The summed E-state index contributed by atoms with van der Waals surface area (Å²) >= 11 is 0. The maximum atomic E-state index is 13.7. The number of β-amino-alcohol motifs (C(OH)–C–C–N with tert-alkyl or cyclic N) is 1. The van der Waals surface area contributed by atoms with Crippen LogP contribution in [0.3, 0.4) is 0 Å². The molecule has 0 bridgehead atoms. The van der Waals surface area contributed by atoms with Crippen LogP contribution in [0.5, 0.6) is 0 Å². The van der Waals surface area contributed by atoms with Gasteiger partial charge in [0.2, 0.25) is 0 Å². The van der Waals surface area contributed by atoms with Gasteiger partial charge in [-0.25, -0.2) is 13.2 Å². The summed E-state index contributed by atoms with van der Waals surface area (Å²) in [4.78, 5) is 13.2. The Bertz CT molecular complexity index is 985. The quantitative estimate of drug-likeness (QED) is 0.759. The first-order chi connectivity index (χ1) is 12.7. The fourth-order valence-electron chi connectivity index (χ4n) is 3.88. The Labute approximate surface area is 153 Å². The number of alkyl halides is 1. The molecule has 2 atom stereocenters. The Morgan fingerprint density at radius 1 is 1.07 bits per heavy atom. The van der Waals surface area contributed by atoms with E-state index in [-0.39, 0.29) is 26.1 Å². The normalized spacial score (nSPS) is 20.0. The summed E-state index contributed by atoms with van der Waals surface area (Å²) in [5, 5.41) is 12.0. The fourth-order valence-corrected chi connectivity index (χ4v) is 3.88. The van der Waals surface area contributed by atoms with Crippen molar-refractivity contribution in [1.29, 1.82) is 0 Å². The van der Waals surface area contributed by atoms with E-state index >= 15 is 0 Å². The van der Waals surface area contributed by atoms with E-state index in [0.717, 1.165) is 0 Å². The SMILES string of the molecule is CC(O)(CN1CCC(F)C1=O)Cn1c2ccc(F)cc2c2cc(F)ccc21. The summed E-state index contributed by atoms with van der Waals surface area (Å²) in [5.74, 6) is -1.48. The summed E-state index contributed by atoms with van der Waals surface area (Å²) in [6.45, 7) is 1.90. The lowest BCUT2D eigenvalue weighted by Gasteiger charge is -2.30. The lowest BCUT2D eigenvalue weighted by molar-refractivity contribution is -0.134. The van der Waals surface area contributed by atoms with Gasteiger partial charge in [-0.1, -0.05) is 0 Å². The molecule has 1 saturated heterocycles. The molecule has 7 heteroatoms. The Kier molecular flexibility index (Phi) is 4.14. The van der Waals surface area contributed by atoms with Crippen molar-refractivity contribution in [2.75, 3.05) is 13.1 Å². The number of carbonyl (C=O) groups excluding carboxylic acids is 1. The highest BCUT2D eigenvalue weighted by Crippen LogP contribution is 2.32. The number of hydrogen-bond acceptors (Lipinski definition) is 2. The van der Waals surface area contributed by atoms with Crippen LogP contribution in [0.15, 0.2) is 36.4 Å². The van der Waals surface area contributed by atoms with E-state index in [1.54, 1.807) is 23.6 Å². The van der Waals surface area contributed by atoms with E-state index < -0.39 is 29.3 Å². The monoisotopic (exact) mass is 376 g/mol. The number of rotatable bonds is 4. The average molecular weight is 376 g/mol. The van der Waals surface area contributed by atoms with Crippen LogP contribution >= 0.6 is 0 Å². The summed E-state index contributed by atoms with van der Waals surface area (Å²) < 4.78 is 42.7. The maximum Gasteiger partial charge on any atom is 0.257 e. The largest absolute Gasteiger partial charge is 0.386 e. The Morgan fingerprint density at radius 2 is 1.63 bits per heavy atom. The Morgan fingerprint density at radius 3 is 2.11 bits per heavy atom. The Hall–Kier alpha value is -2.54. The fraction of sp³-hybridized carbons (Fsp3) is 0.350. The zero-order valence-corrected chi connectivity index (χ0v) is 14.8. The molecule has 0 radical (unpaired) electrons. The molecule has 27 heavy (non-hydrogen) atoms. The number of aliphatic hydroxyl groups is 1. The van der Waals surface area contributed by atoms with Crippen LogP contribution in [0.25, 0.3) is 21.8 Å². The van der Waals surface area contributed by atoms with Crippen molar-refractivity contribution in [3.05, 3.63) is 48.0 Å². The van der Waals surface area contributed by atoms with Crippen LogP contribution in [-0.2, 0) is 11.3 Å². The minimum absolute atomic E-state index is 0.0180. The van der Waals surface area contributed by atoms with Gasteiger partial charge in [0.05, 0.1) is 18.7 Å². The molecular weight excluding hydrogens is 357 g/mol. The van der Waals surface area contributed by atoms with Crippen molar-refractivity contribution >= 4 is 27.7 Å². The first-order valence-electron chi connectivity index (χ1n) is 8.77. The van der Waals surface area contributed by atoms with Crippen molar-refractivity contribution in [2.24, 2.45) is 0 Å². The first-order valence-corrected chi connectivity index (χ1v) is 8.77. The summed E-state index contributed by atoms with van der Waals surface area (Å²) in [5.41, 5.74) is -0.0525. The van der Waals surface area contributed by atoms with E-state index in [1.165, 1.54) is 29.2 Å². The number of aromatic nitrogens is 1. The third-order valence-electron chi connectivity index (χ3n) is 5.05. The van der Waals surface area contributed by atoms with Crippen LogP contribution in [0.4, 0.5) is 13.2 Å². The van der Waals surface area contributed by atoms with Gasteiger partial charge in [0.1, 0.15) is 11.6 Å². The number of carbonyl (C=O) groups is 1. The molecule has 4 rings (SSSR count). The number of nitrogens with zero attached hydrogens (tertiary/aromatic N) is 2. The van der Waals surface area contributed by atoms with Crippen molar-refractivity contribution in [3.63, 3.8) is 0 Å². The number of halogens is 3. The summed E-state index contributed by atoms with van der Waals surface area (Å²) in [7, 11) is 0. The van der Waals surface area contributed by atoms with Gasteiger partial charge in [0.25, 0.3) is 5.91 Å². The van der Waals surface area contributed by atoms with Crippen molar-refractivity contribution in [1.82, 2.24) is 9.47 Å². The lowest BCUT2D eigenvalue weighted by Crippen LogP contribution is -2.45. The molecular formula is C20H19F3N2O2. The molecule has 3 aromatic rings. The van der Waals surface area contributed by atoms with Gasteiger partial charge < -0.3 is 14.6 Å². The second kappa shape index (κ2) is 6.27. The van der Waals surface area contributed by atoms with E-state index in [1.807, 2.05) is 0 Å². The number of likely N-dealkylation sites (tertiary alicyclic amines) is 1. The molecule has 1 aromatic heterocycles. The highest BCUT2D eigenvalue weighted by molar-refractivity contribution is 6.08. The predicted molar refractivity (Wildman–Crippen MR) is 96.1 cm³/mol. The van der Waals surface area contributed by atoms with Crippen LogP contribution in [-0.4, -0.2) is 45.3 Å². The van der Waals surface area contributed by atoms with Crippen molar-refractivity contribution in [3.8, 4) is 0 Å². The lowest BCUT2D eigenvalue weighted by atomic mass is 10.1. The maximum absolute atomic E-state index is 13.7. The van der Waals surface area contributed by atoms with Gasteiger partial charge in [-0.3, -0.25) is 4.79 Å². The average Bonchev–Trinajstić information content (AvgIpc) is 3.06. The van der Waals surface area contributed by atoms with E-state index in [2.05, 4.69) is 0 Å². The van der Waals surface area contributed by atoms with Gasteiger partial charge in [0.15, 0.2) is 6.17 Å². The third-order valence-corrected chi connectivity index (χ3v) is 5.05. The van der Waals surface area contributed by atoms with Crippen LogP contribution in [0.2, 0.25) is 0 Å². The van der Waals surface area contributed by atoms with Gasteiger partial charge in [-0.2, -0.15) is 0 Å². The summed E-state index contributed by atoms with van der Waals surface area (Å²) in [6.07, 6.45) is -1.39. The number of hydrogen-bond donors (Lipinski definition) is 1. The van der Waals surface area contributed by atoms with Crippen LogP contribution in [0, 0.1) is 11.6 Å². The molecule has 1 aliphatic heterocycles. The summed E-state index contributed by atoms with van der Waals surface area (Å²) in [6, 6.07) is 8.44. The topological polar surface area (TPSA) is 45.5 Å². The molecule has 0 aliphatic carbocycles. The standard InChI is InChI=1S/C20H19F3N2O2/c1-20(27,10-24-7-6-16(23)19(24)26)11-25-17-4-2-12(21)8-14(17)15-9-13(22)3-5-18(15)25/h2-5,8-9,16,27H,6-7,10-11H2,1H3. The minimum Gasteiger partial charge on any atom is -0.386 e. The van der Waals surface area contributed by atoms with E-state index in [9.17, 15) is 23.1 Å². The zero-order chi connectivity index (χ0) is 19.3. The van der Waals surface area contributed by atoms with Crippen molar-refractivity contribution < 1.29 is 23.1 Å². The number of fused-ring (bicyclic) bond motifs is 3. The zero-order valence-electron chi connectivity index (χ0n) is 14.8. The Balaban J connectivity index is 1.75. The predicted octanol–water partition coefficient (Wildman–Crippen LogP) is 3.39. The van der Waals surface area contributed by atoms with Gasteiger partial charge in [0, 0.05) is 34.8 Å². The highest BCUT2D eigenvalue weighted by atomic mass is 19.1.